The first kappa shape index (κ1) is 52.3. The SMILES string of the molecule is CCn1c2ccc(C(=O)NCCOCCOCCOCCOCCNC(=O)CCNc3cccc(S(=O)(=O)N4CCCN(S(=O)(=O)c5ccc6c(c5)OCCO6)CC4)c3)cc2c2ccc(-c3ccco3)cc21. The number of hydrogen-bond donors (Lipinski definition) is 3. The van der Waals surface area contributed by atoms with E-state index >= 15 is 0 Å². The first-order valence-corrected chi connectivity index (χ1v) is 27.1. The summed E-state index contributed by atoms with van der Waals surface area (Å²) in [5.41, 5.74) is 4.28. The van der Waals surface area contributed by atoms with Crippen LogP contribution in [0, 0.1) is 0 Å². The van der Waals surface area contributed by atoms with Crippen molar-refractivity contribution < 1.29 is 59.3 Å². The van der Waals surface area contributed by atoms with Crippen LogP contribution in [0.15, 0.2) is 111 Å². The molecule has 2 aromatic heterocycles. The normalized spacial score (nSPS) is 14.6. The summed E-state index contributed by atoms with van der Waals surface area (Å²) in [5, 5.41) is 11.0. The summed E-state index contributed by atoms with van der Waals surface area (Å²) >= 11 is 0. The number of fused-ring (bicyclic) bond motifs is 4. The molecule has 0 aliphatic carbocycles. The van der Waals surface area contributed by atoms with Crippen molar-refractivity contribution in [3.05, 3.63) is 103 Å². The lowest BCUT2D eigenvalue weighted by atomic mass is 10.1. The number of sulfonamides is 2. The van der Waals surface area contributed by atoms with Crippen molar-refractivity contribution in [1.82, 2.24) is 23.8 Å². The van der Waals surface area contributed by atoms with E-state index < -0.39 is 20.0 Å². The van der Waals surface area contributed by atoms with Crippen molar-refractivity contribution in [3.63, 3.8) is 0 Å². The van der Waals surface area contributed by atoms with Gasteiger partial charge in [0.2, 0.25) is 26.0 Å². The van der Waals surface area contributed by atoms with Gasteiger partial charge in [-0.05, 0) is 80.1 Å². The summed E-state index contributed by atoms with van der Waals surface area (Å²) in [6.07, 6.45) is 2.14. The van der Waals surface area contributed by atoms with E-state index in [1.165, 1.54) is 32.9 Å². The Hall–Kier alpha value is -6.04. The van der Waals surface area contributed by atoms with Gasteiger partial charge in [-0.2, -0.15) is 8.61 Å². The summed E-state index contributed by atoms with van der Waals surface area (Å²) < 4.78 is 98.3. The van der Waals surface area contributed by atoms with Crippen LogP contribution >= 0.6 is 0 Å². The number of aromatic nitrogens is 1. The van der Waals surface area contributed by atoms with Gasteiger partial charge in [-0.15, -0.1) is 0 Å². The van der Waals surface area contributed by atoms with Gasteiger partial charge < -0.3 is 53.4 Å². The average molecular weight is 1030 g/mol. The van der Waals surface area contributed by atoms with Crippen molar-refractivity contribution in [2.45, 2.75) is 36.1 Å². The van der Waals surface area contributed by atoms with E-state index in [1.54, 1.807) is 24.5 Å². The topological polar surface area (TPSA) is 218 Å². The Bertz CT molecular complexity index is 3000. The molecule has 1 fully saturated rings. The minimum Gasteiger partial charge on any atom is -0.486 e. The monoisotopic (exact) mass is 1030 g/mol. The Morgan fingerprint density at radius 1 is 0.611 bits per heavy atom. The molecule has 1 saturated heterocycles. The van der Waals surface area contributed by atoms with Gasteiger partial charge in [-0.3, -0.25) is 9.59 Å². The Kier molecular flexibility index (Phi) is 18.2. The van der Waals surface area contributed by atoms with E-state index in [0.717, 1.165) is 39.7 Å². The molecule has 0 atom stereocenters. The maximum absolute atomic E-state index is 13.7. The number of carbonyl (C=O) groups excluding carboxylic acids is 2. The second kappa shape index (κ2) is 25.1. The molecule has 0 radical (unpaired) electrons. The molecule has 0 bridgehead atoms. The molecule has 3 N–H and O–H groups in total. The zero-order chi connectivity index (χ0) is 50.3. The molecule has 72 heavy (non-hydrogen) atoms. The maximum atomic E-state index is 13.7. The molecular formula is C51H62N6O13S2. The third-order valence-corrected chi connectivity index (χ3v) is 16.0. The van der Waals surface area contributed by atoms with Gasteiger partial charge in [-0.1, -0.05) is 18.2 Å². The highest BCUT2D eigenvalue weighted by molar-refractivity contribution is 7.89. The van der Waals surface area contributed by atoms with E-state index in [0.29, 0.717) is 108 Å². The van der Waals surface area contributed by atoms with E-state index in [9.17, 15) is 26.4 Å². The van der Waals surface area contributed by atoms with Crippen molar-refractivity contribution in [2.75, 3.05) is 117 Å². The number of carbonyl (C=O) groups is 2. The van der Waals surface area contributed by atoms with Crippen LogP contribution in [-0.2, 0) is 50.3 Å². The van der Waals surface area contributed by atoms with Crippen molar-refractivity contribution in [3.8, 4) is 22.8 Å². The van der Waals surface area contributed by atoms with Gasteiger partial charge in [-0.25, -0.2) is 16.8 Å². The molecule has 2 aliphatic rings. The number of benzene rings is 4. The Morgan fingerprint density at radius 3 is 1.96 bits per heavy atom. The Morgan fingerprint density at radius 2 is 1.28 bits per heavy atom. The van der Waals surface area contributed by atoms with Crippen LogP contribution in [0.1, 0.15) is 30.1 Å². The number of nitrogens with zero attached hydrogens (tertiary/aromatic N) is 3. The van der Waals surface area contributed by atoms with E-state index in [-0.39, 0.29) is 60.7 Å². The largest absolute Gasteiger partial charge is 0.486 e. The molecule has 21 heteroatoms. The smallest absolute Gasteiger partial charge is 0.251 e. The van der Waals surface area contributed by atoms with E-state index in [1.807, 2.05) is 36.4 Å². The number of aryl methyl sites for hydroxylation is 1. The van der Waals surface area contributed by atoms with E-state index in [4.69, 9.17) is 32.8 Å². The molecule has 19 nitrogen and oxygen atoms in total. The molecule has 2 aliphatic heterocycles. The lowest BCUT2D eigenvalue weighted by Crippen LogP contribution is -2.37. The number of ether oxygens (including phenoxy) is 6. The molecule has 6 aromatic rings. The zero-order valence-electron chi connectivity index (χ0n) is 40.3. The fourth-order valence-electron chi connectivity index (χ4n) is 8.55. The minimum absolute atomic E-state index is 0.00784. The van der Waals surface area contributed by atoms with Gasteiger partial charge >= 0.3 is 0 Å². The molecule has 0 spiro atoms. The third kappa shape index (κ3) is 13.1. The van der Waals surface area contributed by atoms with Crippen LogP contribution in [0.4, 0.5) is 5.69 Å². The first-order chi connectivity index (χ1) is 35.0. The van der Waals surface area contributed by atoms with Crippen molar-refractivity contribution in [1.29, 1.82) is 0 Å². The van der Waals surface area contributed by atoms with Crippen LogP contribution in [0.3, 0.4) is 0 Å². The first-order valence-electron chi connectivity index (χ1n) is 24.2. The third-order valence-electron chi connectivity index (χ3n) is 12.2. The van der Waals surface area contributed by atoms with Crippen LogP contribution in [-0.4, -0.2) is 154 Å². The standard InChI is InChI=1S/C51H62N6O13S2/c1-2-57-45-13-10-39(34-44(45)43-12-9-38(35-46(43)57)47-8-4-23-68-47)51(59)54-18-25-65-27-29-67-31-30-66-28-26-64-24-17-53-50(58)15-16-52-40-6-3-7-41(36-40)71(60,61)55-19-5-20-56(22-21-55)72(62,63)42-11-14-48-49(37-42)70-33-32-69-48/h3-4,6-14,23,34-37,52H,2,5,15-22,24-33H2,1H3,(H,53,58)(H,54,59). The summed E-state index contributed by atoms with van der Waals surface area (Å²) in [5.74, 6) is 1.30. The quantitative estimate of drug-likeness (QED) is 0.0585. The van der Waals surface area contributed by atoms with Gasteiger partial charge in [0.15, 0.2) is 11.5 Å². The summed E-state index contributed by atoms with van der Waals surface area (Å²) in [6.45, 7) is 7.80. The minimum atomic E-state index is -3.94. The van der Waals surface area contributed by atoms with Crippen LogP contribution < -0.4 is 25.4 Å². The fourth-order valence-corrected chi connectivity index (χ4v) is 11.6. The summed E-state index contributed by atoms with van der Waals surface area (Å²) in [4.78, 5) is 25.6. The number of hydrogen-bond acceptors (Lipinski definition) is 14. The lowest BCUT2D eigenvalue weighted by Gasteiger charge is -2.23. The Balaban J connectivity index is 0.629. The number of amides is 2. The number of nitrogens with one attached hydrogen (secondary N) is 3. The van der Waals surface area contributed by atoms with Crippen molar-refractivity contribution >= 4 is 59.4 Å². The number of furan rings is 1. The molecule has 386 valence electrons. The number of anilines is 1. The molecule has 8 rings (SSSR count). The predicted octanol–water partition coefficient (Wildman–Crippen LogP) is 5.35. The highest BCUT2D eigenvalue weighted by Crippen LogP contribution is 2.35. The van der Waals surface area contributed by atoms with Gasteiger partial charge in [0, 0.05) is 103 Å². The number of rotatable bonds is 26. The van der Waals surface area contributed by atoms with Gasteiger partial charge in [0.25, 0.3) is 5.91 Å². The van der Waals surface area contributed by atoms with Gasteiger partial charge in [0.05, 0.1) is 68.9 Å². The zero-order valence-corrected chi connectivity index (χ0v) is 42.0. The molecular weight excluding hydrogens is 969 g/mol. The van der Waals surface area contributed by atoms with Crippen LogP contribution in [0.25, 0.3) is 33.1 Å². The molecule has 4 aromatic carbocycles. The molecule has 0 saturated carbocycles. The van der Waals surface area contributed by atoms with Crippen LogP contribution in [0.2, 0.25) is 0 Å². The van der Waals surface area contributed by atoms with Crippen LogP contribution in [0.5, 0.6) is 11.5 Å². The molecule has 0 unspecified atom stereocenters. The van der Waals surface area contributed by atoms with Crippen molar-refractivity contribution in [2.24, 2.45) is 0 Å². The lowest BCUT2D eigenvalue weighted by molar-refractivity contribution is -0.121. The van der Waals surface area contributed by atoms with E-state index in [2.05, 4.69) is 39.6 Å². The maximum Gasteiger partial charge on any atom is 0.251 e. The predicted molar refractivity (Wildman–Crippen MR) is 271 cm³/mol. The summed E-state index contributed by atoms with van der Waals surface area (Å²) in [6, 6.07) is 26.7. The highest BCUT2D eigenvalue weighted by atomic mass is 32.2. The highest BCUT2D eigenvalue weighted by Gasteiger charge is 2.33. The molecule has 2 amide bonds. The fraction of sp³-hybridized carbons (Fsp3) is 0.412. The Labute approximate surface area is 419 Å². The second-order valence-electron chi connectivity index (χ2n) is 16.9. The molecule has 4 heterocycles. The summed E-state index contributed by atoms with van der Waals surface area (Å²) in [7, 11) is -7.84. The average Bonchev–Trinajstić information content (AvgIpc) is 3.96. The second-order valence-corrected chi connectivity index (χ2v) is 20.8. The van der Waals surface area contributed by atoms with Gasteiger partial charge in [0.1, 0.15) is 19.0 Å².